The Kier molecular flexibility index (Phi) is 5.24. The second-order valence-electron chi connectivity index (χ2n) is 4.33. The molecular weight excluding hydrogens is 268 g/mol. The molecule has 0 aliphatic carbocycles. The van der Waals surface area contributed by atoms with Crippen LogP contribution in [0.5, 0.6) is 0 Å². The molecule has 0 bridgehead atoms. The molecule has 1 heterocycles. The van der Waals surface area contributed by atoms with E-state index in [0.717, 1.165) is 35.4 Å². The molecule has 1 aromatic carbocycles. The number of nitrogens with zero attached hydrogens (tertiary/aromatic N) is 2. The maximum Gasteiger partial charge on any atom is 0.191 e. The molecule has 0 aliphatic rings. The largest absolute Gasteiger partial charge is 0.370 e. The predicted octanol–water partition coefficient (Wildman–Crippen LogP) is 3.94. The van der Waals surface area contributed by atoms with Crippen molar-refractivity contribution in [2.24, 2.45) is 0 Å². The van der Waals surface area contributed by atoms with Gasteiger partial charge in [-0.3, -0.25) is 0 Å². The zero-order valence-corrected chi connectivity index (χ0v) is 12.9. The average molecular weight is 288 g/mol. The van der Waals surface area contributed by atoms with Crippen molar-refractivity contribution in [3.63, 3.8) is 0 Å². The van der Waals surface area contributed by atoms with Crippen LogP contribution in [0.15, 0.2) is 35.5 Å². The third-order valence-corrected chi connectivity index (χ3v) is 3.43. The fraction of sp³-hybridized carbons (Fsp3) is 0.333. The summed E-state index contributed by atoms with van der Waals surface area (Å²) in [6, 6.07) is 10.3. The lowest BCUT2D eigenvalue weighted by atomic mass is 10.1. The van der Waals surface area contributed by atoms with Crippen LogP contribution in [0, 0.1) is 0 Å². The monoisotopic (exact) mass is 288 g/mol. The van der Waals surface area contributed by atoms with Crippen LogP contribution in [-0.2, 0) is 6.42 Å². The third-order valence-electron chi connectivity index (χ3n) is 2.88. The molecule has 0 aliphatic heterocycles. The molecule has 1 aromatic heterocycles. The molecule has 106 valence electrons. The summed E-state index contributed by atoms with van der Waals surface area (Å²) in [4.78, 5) is 8.88. The van der Waals surface area contributed by atoms with Gasteiger partial charge in [0.2, 0.25) is 0 Å². The number of anilines is 3. The summed E-state index contributed by atoms with van der Waals surface area (Å²) in [5, 5.41) is 7.31. The molecular formula is C15H20N4S. The van der Waals surface area contributed by atoms with Crippen LogP contribution in [0.1, 0.15) is 19.4 Å². The molecule has 2 N–H and O–H groups in total. The number of hydrogen-bond acceptors (Lipinski definition) is 5. The molecule has 0 unspecified atom stereocenters. The Bertz CT molecular complexity index is 554. The third kappa shape index (κ3) is 3.87. The van der Waals surface area contributed by atoms with E-state index in [1.54, 1.807) is 0 Å². The van der Waals surface area contributed by atoms with E-state index in [2.05, 4.69) is 58.7 Å². The molecule has 5 heteroatoms. The summed E-state index contributed by atoms with van der Waals surface area (Å²) in [7, 11) is 0. The molecule has 2 rings (SSSR count). The standard InChI is InChI=1S/C15H20N4S/c1-4-11-6-8-12(9-7-11)17-14-10-13(16-5-2)18-15(19-14)20-3/h6-10H,4-5H2,1-3H3,(H2,16,17,18,19). The highest BCUT2D eigenvalue weighted by Crippen LogP contribution is 2.21. The van der Waals surface area contributed by atoms with Crippen molar-refractivity contribution < 1.29 is 0 Å². The second-order valence-corrected chi connectivity index (χ2v) is 5.10. The predicted molar refractivity (Wildman–Crippen MR) is 87.1 cm³/mol. The Morgan fingerprint density at radius 1 is 1.05 bits per heavy atom. The van der Waals surface area contributed by atoms with Gasteiger partial charge in [0.1, 0.15) is 11.6 Å². The van der Waals surface area contributed by atoms with Crippen LogP contribution in [-0.4, -0.2) is 22.8 Å². The lowest BCUT2D eigenvalue weighted by Crippen LogP contribution is -2.03. The molecule has 0 fully saturated rings. The first kappa shape index (κ1) is 14.7. The molecule has 2 aromatic rings. The lowest BCUT2D eigenvalue weighted by molar-refractivity contribution is 0.967. The van der Waals surface area contributed by atoms with Crippen molar-refractivity contribution in [3.05, 3.63) is 35.9 Å². The van der Waals surface area contributed by atoms with Gasteiger partial charge in [-0.1, -0.05) is 30.8 Å². The maximum atomic E-state index is 4.47. The molecule has 0 spiro atoms. The first-order valence-electron chi connectivity index (χ1n) is 6.78. The quantitative estimate of drug-likeness (QED) is 0.623. The normalized spacial score (nSPS) is 10.3. The smallest absolute Gasteiger partial charge is 0.191 e. The highest BCUT2D eigenvalue weighted by molar-refractivity contribution is 7.98. The van der Waals surface area contributed by atoms with Gasteiger partial charge in [0.15, 0.2) is 5.16 Å². The average Bonchev–Trinajstić information content (AvgIpc) is 2.48. The van der Waals surface area contributed by atoms with Crippen molar-refractivity contribution >= 4 is 29.1 Å². The fourth-order valence-corrected chi connectivity index (χ4v) is 2.20. The molecule has 0 radical (unpaired) electrons. The van der Waals surface area contributed by atoms with E-state index in [1.165, 1.54) is 17.3 Å². The minimum Gasteiger partial charge on any atom is -0.370 e. The summed E-state index contributed by atoms with van der Waals surface area (Å²) < 4.78 is 0. The number of aromatic nitrogens is 2. The molecule has 0 saturated carbocycles. The van der Waals surface area contributed by atoms with Gasteiger partial charge in [-0.25, -0.2) is 9.97 Å². The molecule has 0 atom stereocenters. The summed E-state index contributed by atoms with van der Waals surface area (Å²) in [5.74, 6) is 1.66. The highest BCUT2D eigenvalue weighted by atomic mass is 32.2. The molecule has 0 amide bonds. The van der Waals surface area contributed by atoms with E-state index in [1.807, 2.05) is 12.3 Å². The van der Waals surface area contributed by atoms with E-state index in [9.17, 15) is 0 Å². The Balaban J connectivity index is 2.20. The van der Waals surface area contributed by atoms with Gasteiger partial charge < -0.3 is 10.6 Å². The molecule has 0 saturated heterocycles. The summed E-state index contributed by atoms with van der Waals surface area (Å²) >= 11 is 1.54. The second kappa shape index (κ2) is 7.14. The molecule has 20 heavy (non-hydrogen) atoms. The van der Waals surface area contributed by atoms with Gasteiger partial charge in [-0.05, 0) is 37.3 Å². The van der Waals surface area contributed by atoms with E-state index < -0.39 is 0 Å². The van der Waals surface area contributed by atoms with Crippen molar-refractivity contribution in [2.45, 2.75) is 25.4 Å². The number of hydrogen-bond donors (Lipinski definition) is 2. The zero-order valence-electron chi connectivity index (χ0n) is 12.1. The van der Waals surface area contributed by atoms with E-state index in [0.29, 0.717) is 0 Å². The number of nitrogens with one attached hydrogen (secondary N) is 2. The van der Waals surface area contributed by atoms with Crippen LogP contribution < -0.4 is 10.6 Å². The first-order chi connectivity index (χ1) is 9.75. The lowest BCUT2D eigenvalue weighted by Gasteiger charge is -2.10. The van der Waals surface area contributed by atoms with Crippen LogP contribution >= 0.6 is 11.8 Å². The van der Waals surface area contributed by atoms with Gasteiger partial charge in [-0.15, -0.1) is 0 Å². The topological polar surface area (TPSA) is 49.8 Å². The Morgan fingerprint density at radius 2 is 1.75 bits per heavy atom. The van der Waals surface area contributed by atoms with Crippen molar-refractivity contribution in [3.8, 4) is 0 Å². The zero-order chi connectivity index (χ0) is 14.4. The van der Waals surface area contributed by atoms with Crippen LogP contribution in [0.4, 0.5) is 17.3 Å². The summed E-state index contributed by atoms with van der Waals surface area (Å²) in [6.45, 7) is 5.05. The van der Waals surface area contributed by atoms with E-state index in [4.69, 9.17) is 0 Å². The number of rotatable bonds is 6. The number of aryl methyl sites for hydroxylation is 1. The van der Waals surface area contributed by atoms with E-state index >= 15 is 0 Å². The highest BCUT2D eigenvalue weighted by Gasteiger charge is 2.04. The van der Waals surface area contributed by atoms with Gasteiger partial charge >= 0.3 is 0 Å². The Labute approximate surface area is 124 Å². The van der Waals surface area contributed by atoms with Gasteiger partial charge in [-0.2, -0.15) is 0 Å². The van der Waals surface area contributed by atoms with Crippen molar-refractivity contribution in [1.29, 1.82) is 0 Å². The Hall–Kier alpha value is -1.75. The van der Waals surface area contributed by atoms with Crippen LogP contribution in [0.2, 0.25) is 0 Å². The number of thioether (sulfide) groups is 1. The van der Waals surface area contributed by atoms with Crippen LogP contribution in [0.3, 0.4) is 0 Å². The minimum absolute atomic E-state index is 0.760. The van der Waals surface area contributed by atoms with Gasteiger partial charge in [0.05, 0.1) is 0 Å². The summed E-state index contributed by atoms with van der Waals surface area (Å²) in [6.07, 6.45) is 3.03. The van der Waals surface area contributed by atoms with Gasteiger partial charge in [0, 0.05) is 18.3 Å². The van der Waals surface area contributed by atoms with Gasteiger partial charge in [0.25, 0.3) is 0 Å². The first-order valence-corrected chi connectivity index (χ1v) is 8.00. The van der Waals surface area contributed by atoms with Crippen LogP contribution in [0.25, 0.3) is 0 Å². The SMILES string of the molecule is CCNc1cc(Nc2ccc(CC)cc2)nc(SC)n1. The van der Waals surface area contributed by atoms with Crippen molar-refractivity contribution in [1.82, 2.24) is 9.97 Å². The maximum absolute atomic E-state index is 4.47. The van der Waals surface area contributed by atoms with E-state index in [-0.39, 0.29) is 0 Å². The fourth-order valence-electron chi connectivity index (χ4n) is 1.82. The minimum atomic E-state index is 0.760. The Morgan fingerprint density at radius 3 is 2.35 bits per heavy atom. The number of benzene rings is 1. The summed E-state index contributed by atoms with van der Waals surface area (Å²) in [5.41, 5.74) is 2.37. The van der Waals surface area contributed by atoms with Crippen molar-refractivity contribution in [2.75, 3.05) is 23.4 Å². The molecule has 4 nitrogen and oxygen atoms in total.